The number of carbonyl (C=O) groups is 1. The van der Waals surface area contributed by atoms with E-state index in [-0.39, 0.29) is 11.9 Å². The summed E-state index contributed by atoms with van der Waals surface area (Å²) in [5.74, 6) is 0.112. The number of rotatable bonds is 6. The Morgan fingerprint density at radius 2 is 2.00 bits per heavy atom. The average Bonchev–Trinajstić information content (AvgIpc) is 3.38. The lowest BCUT2D eigenvalue weighted by atomic mass is 10.1. The van der Waals surface area contributed by atoms with Crippen LogP contribution < -0.4 is 5.32 Å². The van der Waals surface area contributed by atoms with Crippen LogP contribution in [0.2, 0.25) is 0 Å². The summed E-state index contributed by atoms with van der Waals surface area (Å²) >= 11 is 3.38. The van der Waals surface area contributed by atoms with Crippen molar-refractivity contribution in [2.45, 2.75) is 19.5 Å². The van der Waals surface area contributed by atoms with E-state index in [1.165, 1.54) is 4.88 Å². The summed E-state index contributed by atoms with van der Waals surface area (Å²) in [7, 11) is 0. The van der Waals surface area contributed by atoms with E-state index in [4.69, 9.17) is 4.74 Å². The van der Waals surface area contributed by atoms with Crippen molar-refractivity contribution in [3.8, 4) is 10.6 Å². The second-order valence-electron chi connectivity index (χ2n) is 6.68. The number of thiophene rings is 1. The number of hydrogen-bond donors (Lipinski definition) is 1. The van der Waals surface area contributed by atoms with Crippen molar-refractivity contribution in [3.63, 3.8) is 0 Å². The Kier molecular flexibility index (Phi) is 6.17. The van der Waals surface area contributed by atoms with E-state index in [1.54, 1.807) is 22.7 Å². The van der Waals surface area contributed by atoms with E-state index in [2.05, 4.69) is 27.8 Å². The predicted octanol–water partition coefficient (Wildman–Crippen LogP) is 3.87. The van der Waals surface area contributed by atoms with Crippen LogP contribution in [0.5, 0.6) is 0 Å². The molecule has 4 rings (SSSR count). The number of hydrogen-bond acceptors (Lipinski definition) is 6. The predicted molar refractivity (Wildman–Crippen MR) is 114 cm³/mol. The summed E-state index contributed by atoms with van der Waals surface area (Å²) in [5.41, 5.74) is 2.02. The molecule has 0 aliphatic carbocycles. The molecule has 5 nitrogen and oxygen atoms in total. The minimum atomic E-state index is -0.355. The Labute approximate surface area is 173 Å². The van der Waals surface area contributed by atoms with Crippen LogP contribution in [0.3, 0.4) is 0 Å². The fourth-order valence-electron chi connectivity index (χ4n) is 3.25. The lowest BCUT2D eigenvalue weighted by Crippen LogP contribution is -2.46. The summed E-state index contributed by atoms with van der Waals surface area (Å²) in [5, 5.41) is 6.64. The van der Waals surface area contributed by atoms with Crippen LogP contribution in [0.25, 0.3) is 10.6 Å². The van der Waals surface area contributed by atoms with E-state index < -0.39 is 0 Å². The van der Waals surface area contributed by atoms with Gasteiger partial charge in [-0.15, -0.1) is 22.7 Å². The first-order valence-corrected chi connectivity index (χ1v) is 11.1. The van der Waals surface area contributed by atoms with Crippen LogP contribution in [-0.2, 0) is 16.1 Å². The van der Waals surface area contributed by atoms with Gasteiger partial charge in [0.25, 0.3) is 0 Å². The summed E-state index contributed by atoms with van der Waals surface area (Å²) in [4.78, 5) is 22.0. The summed E-state index contributed by atoms with van der Waals surface area (Å²) < 4.78 is 5.39. The zero-order valence-electron chi connectivity index (χ0n) is 15.8. The van der Waals surface area contributed by atoms with E-state index in [9.17, 15) is 4.79 Å². The molecule has 1 amide bonds. The first-order chi connectivity index (χ1) is 13.7. The first-order valence-electron chi connectivity index (χ1n) is 9.37. The van der Waals surface area contributed by atoms with Crippen LogP contribution in [0.1, 0.15) is 21.5 Å². The van der Waals surface area contributed by atoms with Crippen molar-refractivity contribution in [2.75, 3.05) is 26.3 Å². The molecule has 0 saturated carbocycles. The van der Waals surface area contributed by atoms with Crippen molar-refractivity contribution < 1.29 is 9.53 Å². The second-order valence-corrected chi connectivity index (χ2v) is 8.91. The molecule has 0 spiro atoms. The van der Waals surface area contributed by atoms with Crippen LogP contribution in [0.15, 0.2) is 47.8 Å². The van der Waals surface area contributed by atoms with Crippen molar-refractivity contribution in [3.05, 3.63) is 63.3 Å². The Bertz CT molecular complexity index is 917. The molecule has 3 heterocycles. The zero-order valence-corrected chi connectivity index (χ0v) is 17.4. The molecule has 1 N–H and O–H groups in total. The van der Waals surface area contributed by atoms with Gasteiger partial charge in [-0.05, 0) is 24.6 Å². The fraction of sp³-hybridized carbons (Fsp3) is 0.333. The molecule has 3 aromatic rings. The maximum atomic E-state index is 13.2. The smallest absolute Gasteiger partial charge is 0.244 e. The second kappa shape index (κ2) is 8.96. The number of aromatic nitrogens is 1. The summed E-state index contributed by atoms with van der Waals surface area (Å²) in [6, 6.07) is 13.8. The maximum absolute atomic E-state index is 13.2. The molecule has 1 aliphatic rings. The number of carbonyl (C=O) groups excluding carboxylic acids is 1. The van der Waals surface area contributed by atoms with Gasteiger partial charge in [-0.1, -0.05) is 30.3 Å². The van der Waals surface area contributed by atoms with E-state index in [1.807, 2.05) is 42.2 Å². The summed E-state index contributed by atoms with van der Waals surface area (Å²) in [6.07, 6.45) is 0. The third-order valence-corrected chi connectivity index (χ3v) is 6.60. The number of thiazole rings is 1. The molecule has 1 aliphatic heterocycles. The Morgan fingerprint density at radius 1 is 1.21 bits per heavy atom. The lowest BCUT2D eigenvalue weighted by molar-refractivity contribution is -0.137. The number of morpholine rings is 1. The maximum Gasteiger partial charge on any atom is 0.244 e. The molecule has 1 saturated heterocycles. The summed E-state index contributed by atoms with van der Waals surface area (Å²) in [6.45, 7) is 5.17. The highest BCUT2D eigenvalue weighted by Gasteiger charge is 2.27. The monoisotopic (exact) mass is 413 g/mol. The number of ether oxygens (including phenoxy) is 1. The standard InChI is InChI=1S/C21H23N3O2S2/c1-15-23-18(14-27-15)19-8-7-17(28-19)13-22-20(16-5-3-2-4-6-16)21(25)24-9-11-26-12-10-24/h2-8,14,20,22H,9-13H2,1H3/t20-/m1/s1. The molecular formula is C21H23N3O2S2. The molecule has 2 aromatic heterocycles. The van der Waals surface area contributed by atoms with Crippen LogP contribution >= 0.6 is 22.7 Å². The number of amides is 1. The third kappa shape index (κ3) is 4.50. The third-order valence-electron chi connectivity index (χ3n) is 4.72. The van der Waals surface area contributed by atoms with Crippen LogP contribution in [0.4, 0.5) is 0 Å². The molecule has 7 heteroatoms. The minimum Gasteiger partial charge on any atom is -0.378 e. The highest BCUT2D eigenvalue weighted by molar-refractivity contribution is 7.16. The normalized spacial score (nSPS) is 15.5. The molecule has 146 valence electrons. The van der Waals surface area contributed by atoms with Gasteiger partial charge in [-0.2, -0.15) is 0 Å². The van der Waals surface area contributed by atoms with Gasteiger partial charge in [0.1, 0.15) is 6.04 Å². The largest absolute Gasteiger partial charge is 0.378 e. The highest BCUT2D eigenvalue weighted by Crippen LogP contribution is 2.29. The Balaban J connectivity index is 1.48. The van der Waals surface area contributed by atoms with Crippen molar-refractivity contribution in [1.29, 1.82) is 0 Å². The van der Waals surface area contributed by atoms with Gasteiger partial charge in [-0.3, -0.25) is 10.1 Å². The van der Waals surface area contributed by atoms with Gasteiger partial charge >= 0.3 is 0 Å². The van der Waals surface area contributed by atoms with Gasteiger partial charge < -0.3 is 9.64 Å². The van der Waals surface area contributed by atoms with Gasteiger partial charge in [0.2, 0.25) is 5.91 Å². The minimum absolute atomic E-state index is 0.112. The van der Waals surface area contributed by atoms with Crippen molar-refractivity contribution in [2.24, 2.45) is 0 Å². The van der Waals surface area contributed by atoms with Crippen molar-refractivity contribution >= 4 is 28.6 Å². The molecule has 1 fully saturated rings. The van der Waals surface area contributed by atoms with E-state index in [0.717, 1.165) is 21.1 Å². The van der Waals surface area contributed by atoms with Crippen LogP contribution in [0, 0.1) is 6.92 Å². The zero-order chi connectivity index (χ0) is 19.3. The van der Waals surface area contributed by atoms with Crippen LogP contribution in [-0.4, -0.2) is 42.1 Å². The molecule has 28 heavy (non-hydrogen) atoms. The van der Waals surface area contributed by atoms with E-state index >= 15 is 0 Å². The quantitative estimate of drug-likeness (QED) is 0.667. The topological polar surface area (TPSA) is 54.5 Å². The molecule has 0 bridgehead atoms. The van der Waals surface area contributed by atoms with Crippen molar-refractivity contribution in [1.82, 2.24) is 15.2 Å². The van der Waals surface area contributed by atoms with Gasteiger partial charge in [0.05, 0.1) is 28.8 Å². The first kappa shape index (κ1) is 19.3. The fourth-order valence-corrected chi connectivity index (χ4v) is 4.86. The Morgan fingerprint density at radius 3 is 2.71 bits per heavy atom. The number of nitrogens with zero attached hydrogens (tertiary/aromatic N) is 2. The Hall–Kier alpha value is -2.06. The number of nitrogens with one attached hydrogen (secondary N) is 1. The molecule has 0 unspecified atom stereocenters. The van der Waals surface area contributed by atoms with E-state index in [0.29, 0.717) is 32.8 Å². The SMILES string of the molecule is Cc1nc(-c2ccc(CN[C@@H](C(=O)N3CCOCC3)c3ccccc3)s2)cs1. The lowest BCUT2D eigenvalue weighted by Gasteiger charge is -2.31. The molecule has 1 atom stereocenters. The highest BCUT2D eigenvalue weighted by atomic mass is 32.1. The molecule has 0 radical (unpaired) electrons. The van der Waals surface area contributed by atoms with Gasteiger partial charge in [-0.25, -0.2) is 4.98 Å². The number of aryl methyl sites for hydroxylation is 1. The average molecular weight is 414 g/mol. The number of benzene rings is 1. The van der Waals surface area contributed by atoms with Gasteiger partial charge in [0, 0.05) is 29.9 Å². The molecule has 1 aromatic carbocycles. The van der Waals surface area contributed by atoms with Gasteiger partial charge in [0.15, 0.2) is 0 Å². The molecular weight excluding hydrogens is 390 g/mol.